The Labute approximate surface area is 139 Å². The van der Waals surface area contributed by atoms with E-state index >= 15 is 0 Å². The van der Waals surface area contributed by atoms with Crippen molar-refractivity contribution in [2.24, 2.45) is 0 Å². The molecule has 0 aliphatic rings. The lowest BCUT2D eigenvalue weighted by atomic mass is 10.2. The lowest BCUT2D eigenvalue weighted by Gasteiger charge is -2.04. The average molecular weight is 342 g/mol. The predicted molar refractivity (Wildman–Crippen MR) is 90.1 cm³/mol. The van der Waals surface area contributed by atoms with Crippen molar-refractivity contribution in [3.63, 3.8) is 0 Å². The monoisotopic (exact) mass is 342 g/mol. The number of H-pyrrole nitrogens is 1. The summed E-state index contributed by atoms with van der Waals surface area (Å²) in [5, 5.41) is 10.8. The number of aromatic hydroxyl groups is 1. The molecule has 0 amide bonds. The van der Waals surface area contributed by atoms with Gasteiger partial charge in [0.2, 0.25) is 0 Å². The van der Waals surface area contributed by atoms with E-state index in [2.05, 4.69) is 9.97 Å². The number of benzene rings is 2. The normalized spacial score (nSPS) is 11.2. The van der Waals surface area contributed by atoms with Crippen LogP contribution in [-0.4, -0.2) is 15.1 Å². The molecule has 120 valence electrons. The Morgan fingerprint density at radius 3 is 2.79 bits per heavy atom. The van der Waals surface area contributed by atoms with Crippen LogP contribution in [0.4, 0.5) is 4.39 Å². The molecule has 2 aromatic heterocycles. The molecule has 7 heteroatoms. The molecule has 0 atom stereocenters. The number of nitrogens with one attached hydrogen (secondary N) is 1. The number of ether oxygens (including phenoxy) is 1. The molecule has 0 saturated heterocycles. The summed E-state index contributed by atoms with van der Waals surface area (Å²) >= 11 is 1.31. The maximum absolute atomic E-state index is 12.9. The third-order valence-electron chi connectivity index (χ3n) is 3.59. The molecule has 0 radical (unpaired) electrons. The average Bonchev–Trinajstić information content (AvgIpc) is 2.92. The van der Waals surface area contributed by atoms with Crippen LogP contribution in [0.15, 0.2) is 47.3 Å². The first-order valence-corrected chi connectivity index (χ1v) is 7.94. The molecule has 0 saturated carbocycles. The number of hydrogen-bond acceptors (Lipinski definition) is 5. The van der Waals surface area contributed by atoms with Crippen LogP contribution in [0, 0.1) is 5.82 Å². The zero-order chi connectivity index (χ0) is 16.7. The summed E-state index contributed by atoms with van der Waals surface area (Å²) in [4.78, 5) is 19.8. The molecule has 0 fully saturated rings. The van der Waals surface area contributed by atoms with Crippen molar-refractivity contribution < 1.29 is 14.2 Å². The highest BCUT2D eigenvalue weighted by Crippen LogP contribution is 2.33. The van der Waals surface area contributed by atoms with Gasteiger partial charge < -0.3 is 9.84 Å². The summed E-state index contributed by atoms with van der Waals surface area (Å²) in [6.07, 6.45) is 0. The molecule has 5 nitrogen and oxygen atoms in total. The quantitative estimate of drug-likeness (QED) is 0.597. The van der Waals surface area contributed by atoms with Gasteiger partial charge in [-0.15, -0.1) is 11.3 Å². The summed E-state index contributed by atoms with van der Waals surface area (Å²) in [5.41, 5.74) is 0.464. The number of hydrogen-bond donors (Lipinski definition) is 2. The van der Waals surface area contributed by atoms with Crippen LogP contribution in [0.2, 0.25) is 0 Å². The van der Waals surface area contributed by atoms with Crippen LogP contribution in [0.3, 0.4) is 0 Å². The fraction of sp³-hybridized carbons (Fsp3) is 0.0588. The van der Waals surface area contributed by atoms with Gasteiger partial charge in [-0.25, -0.2) is 4.39 Å². The van der Waals surface area contributed by atoms with E-state index in [0.29, 0.717) is 10.2 Å². The van der Waals surface area contributed by atoms with Gasteiger partial charge in [0.05, 0.1) is 5.39 Å². The molecule has 4 rings (SSSR count). The SMILES string of the molecule is O=c1[nH]c(OCc2ccc(F)cc2)nc2sc3cc(O)ccc3c12. The van der Waals surface area contributed by atoms with Gasteiger partial charge in [0.1, 0.15) is 23.0 Å². The second-order valence-electron chi connectivity index (χ2n) is 5.25. The standard InChI is InChI=1S/C17H11FN2O3S/c18-10-3-1-9(2-4-10)8-23-17-19-15(22)14-12-6-5-11(21)7-13(12)24-16(14)20-17/h1-7,21H,8H2,(H,19,20,22). The third kappa shape index (κ3) is 2.59. The van der Waals surface area contributed by atoms with E-state index in [4.69, 9.17) is 4.74 Å². The van der Waals surface area contributed by atoms with Crippen LogP contribution in [-0.2, 0) is 6.61 Å². The summed E-state index contributed by atoms with van der Waals surface area (Å²) < 4.78 is 19.2. The van der Waals surface area contributed by atoms with Gasteiger partial charge in [-0.3, -0.25) is 9.78 Å². The molecular weight excluding hydrogens is 331 g/mol. The first-order valence-electron chi connectivity index (χ1n) is 7.13. The number of thiophene rings is 1. The number of rotatable bonds is 3. The maximum atomic E-state index is 12.9. The topological polar surface area (TPSA) is 75.2 Å². The number of nitrogens with zero attached hydrogens (tertiary/aromatic N) is 1. The van der Waals surface area contributed by atoms with Gasteiger partial charge in [-0.05, 0) is 35.9 Å². The van der Waals surface area contributed by atoms with Crippen molar-refractivity contribution in [3.8, 4) is 11.8 Å². The van der Waals surface area contributed by atoms with Crippen LogP contribution in [0.25, 0.3) is 20.3 Å². The Morgan fingerprint density at radius 1 is 1.21 bits per heavy atom. The van der Waals surface area contributed by atoms with Crippen LogP contribution in [0.5, 0.6) is 11.8 Å². The summed E-state index contributed by atoms with van der Waals surface area (Å²) in [6, 6.07) is 10.8. The first kappa shape index (κ1) is 14.6. The molecular formula is C17H11FN2O3S. The molecule has 0 aliphatic carbocycles. The Hall–Kier alpha value is -2.93. The lowest BCUT2D eigenvalue weighted by molar-refractivity contribution is 0.281. The van der Waals surface area contributed by atoms with Crippen molar-refractivity contribution >= 4 is 31.6 Å². The Morgan fingerprint density at radius 2 is 2.00 bits per heavy atom. The van der Waals surface area contributed by atoms with Crippen LogP contribution in [0.1, 0.15) is 5.56 Å². The number of aromatic amines is 1. The largest absolute Gasteiger partial charge is 0.508 e. The van der Waals surface area contributed by atoms with Gasteiger partial charge in [0.25, 0.3) is 11.6 Å². The van der Waals surface area contributed by atoms with E-state index in [9.17, 15) is 14.3 Å². The Balaban J connectivity index is 1.70. The molecule has 2 heterocycles. The number of phenolic OH excluding ortho intramolecular Hbond substituents is 1. The van der Waals surface area contributed by atoms with E-state index in [1.54, 1.807) is 24.3 Å². The minimum absolute atomic E-state index is 0.104. The van der Waals surface area contributed by atoms with Gasteiger partial charge in [0, 0.05) is 10.1 Å². The highest BCUT2D eigenvalue weighted by Gasteiger charge is 2.12. The van der Waals surface area contributed by atoms with Crippen molar-refractivity contribution in [2.75, 3.05) is 0 Å². The third-order valence-corrected chi connectivity index (χ3v) is 4.64. The Bertz CT molecular complexity index is 1100. The van der Waals surface area contributed by atoms with Crippen molar-refractivity contribution in [1.29, 1.82) is 0 Å². The highest BCUT2D eigenvalue weighted by atomic mass is 32.1. The summed E-state index contributed by atoms with van der Waals surface area (Å²) in [6.45, 7) is 0.167. The van der Waals surface area contributed by atoms with Crippen LogP contribution >= 0.6 is 11.3 Å². The number of phenols is 1. The van der Waals surface area contributed by atoms with E-state index in [1.807, 2.05) is 0 Å². The fourth-order valence-corrected chi connectivity index (χ4v) is 3.55. The van der Waals surface area contributed by atoms with Gasteiger partial charge in [-0.1, -0.05) is 12.1 Å². The van der Waals surface area contributed by atoms with Gasteiger partial charge >= 0.3 is 0 Å². The zero-order valence-corrected chi connectivity index (χ0v) is 13.1. The molecule has 2 aromatic carbocycles. The van der Waals surface area contributed by atoms with E-state index in [0.717, 1.165) is 15.6 Å². The van der Waals surface area contributed by atoms with Gasteiger partial charge in [0.15, 0.2) is 0 Å². The van der Waals surface area contributed by atoms with Crippen molar-refractivity contribution in [2.45, 2.75) is 6.61 Å². The van der Waals surface area contributed by atoms with E-state index in [1.165, 1.54) is 29.5 Å². The second kappa shape index (κ2) is 5.61. The molecule has 0 aliphatic heterocycles. The number of aromatic nitrogens is 2. The smallest absolute Gasteiger partial charge is 0.298 e. The van der Waals surface area contributed by atoms with Gasteiger partial charge in [-0.2, -0.15) is 4.98 Å². The van der Waals surface area contributed by atoms with E-state index in [-0.39, 0.29) is 29.7 Å². The van der Waals surface area contributed by atoms with E-state index < -0.39 is 0 Å². The number of halogens is 1. The second-order valence-corrected chi connectivity index (χ2v) is 6.28. The summed E-state index contributed by atoms with van der Waals surface area (Å²) in [5.74, 6) is -0.182. The summed E-state index contributed by atoms with van der Waals surface area (Å²) in [7, 11) is 0. The molecule has 2 N–H and O–H groups in total. The molecule has 0 unspecified atom stereocenters. The van der Waals surface area contributed by atoms with Crippen molar-refractivity contribution in [1.82, 2.24) is 9.97 Å². The fourth-order valence-electron chi connectivity index (χ4n) is 2.45. The highest BCUT2D eigenvalue weighted by molar-refractivity contribution is 7.25. The first-order chi connectivity index (χ1) is 11.6. The number of fused-ring (bicyclic) bond motifs is 3. The predicted octanol–water partition coefficient (Wildman–Crippen LogP) is 3.56. The zero-order valence-electron chi connectivity index (χ0n) is 12.2. The molecule has 24 heavy (non-hydrogen) atoms. The minimum atomic E-state index is -0.319. The maximum Gasteiger partial charge on any atom is 0.298 e. The molecule has 4 aromatic rings. The van der Waals surface area contributed by atoms with Crippen molar-refractivity contribution in [3.05, 3.63) is 64.2 Å². The molecule has 0 bridgehead atoms. The lowest BCUT2D eigenvalue weighted by Crippen LogP contribution is -2.10. The molecule has 0 spiro atoms. The minimum Gasteiger partial charge on any atom is -0.508 e. The van der Waals surface area contributed by atoms with Crippen LogP contribution < -0.4 is 10.3 Å². The Kier molecular flexibility index (Phi) is 3.42.